The fourth-order valence-corrected chi connectivity index (χ4v) is 1.83. The van der Waals surface area contributed by atoms with Crippen molar-refractivity contribution in [2.24, 2.45) is 0 Å². The number of hydrogen-bond acceptors (Lipinski definition) is 4. The summed E-state index contributed by atoms with van der Waals surface area (Å²) < 4.78 is 0. The Morgan fingerprint density at radius 1 is 1.67 bits per heavy atom. The average molecular weight is 182 g/mol. The Bertz CT molecular complexity index is 329. The predicted octanol–water partition coefficient (Wildman–Crippen LogP) is 0.909. The van der Waals surface area contributed by atoms with Crippen molar-refractivity contribution in [3.63, 3.8) is 0 Å². The van der Waals surface area contributed by atoms with Crippen LogP contribution in [0, 0.1) is 0 Å². The average Bonchev–Trinajstić information content (AvgIpc) is 2.12. The van der Waals surface area contributed by atoms with E-state index in [9.17, 15) is 10.0 Å². The van der Waals surface area contributed by atoms with Crippen LogP contribution in [0.25, 0.3) is 0 Å². The van der Waals surface area contributed by atoms with Crippen molar-refractivity contribution >= 4 is 23.4 Å². The van der Waals surface area contributed by atoms with Crippen molar-refractivity contribution in [3.05, 3.63) is 18.5 Å². The predicted molar refractivity (Wildman–Crippen MR) is 44.2 cm³/mol. The highest BCUT2D eigenvalue weighted by atomic mass is 32.2. The minimum absolute atomic E-state index is 0.285. The van der Waals surface area contributed by atoms with Crippen molar-refractivity contribution in [2.45, 2.75) is 4.90 Å². The Hall–Kier alpha value is -1.07. The summed E-state index contributed by atoms with van der Waals surface area (Å²) in [6.07, 6.45) is 3.11. The molecule has 0 fully saturated rings. The smallest absolute Gasteiger partial charge is 0.261 e. The number of pyridine rings is 1. The molecule has 0 spiro atoms. The minimum Gasteiger partial charge on any atom is -0.281 e. The number of fused-ring (bicyclic) bond motifs is 1. The van der Waals surface area contributed by atoms with Crippen LogP contribution >= 0.6 is 11.8 Å². The van der Waals surface area contributed by atoms with Crippen LogP contribution in [0.2, 0.25) is 0 Å². The number of hydrogen-bond donors (Lipinski definition) is 1. The molecule has 4 nitrogen and oxygen atoms in total. The summed E-state index contributed by atoms with van der Waals surface area (Å²) in [6, 6.07) is 1.77. The van der Waals surface area contributed by atoms with Crippen molar-refractivity contribution in [1.29, 1.82) is 0 Å². The molecule has 12 heavy (non-hydrogen) atoms. The number of carbonyl (C=O) groups excluding carboxylic acids is 1. The number of carbonyl (C=O) groups is 1. The van der Waals surface area contributed by atoms with Gasteiger partial charge in [-0.2, -0.15) is 5.06 Å². The van der Waals surface area contributed by atoms with Crippen LogP contribution in [0.15, 0.2) is 23.4 Å². The summed E-state index contributed by atoms with van der Waals surface area (Å²) in [4.78, 5) is 15.7. The van der Waals surface area contributed by atoms with E-state index in [1.807, 2.05) is 0 Å². The largest absolute Gasteiger partial charge is 0.281 e. The highest BCUT2D eigenvalue weighted by molar-refractivity contribution is 8.00. The third-order valence-electron chi connectivity index (χ3n) is 1.58. The zero-order valence-corrected chi connectivity index (χ0v) is 6.91. The van der Waals surface area contributed by atoms with E-state index in [-0.39, 0.29) is 11.7 Å². The van der Waals surface area contributed by atoms with Gasteiger partial charge in [-0.1, -0.05) is 0 Å². The summed E-state index contributed by atoms with van der Waals surface area (Å²) in [5.74, 6) is -0.0199. The number of nitrogens with zero attached hydrogens (tertiary/aromatic N) is 2. The number of aromatic nitrogens is 1. The van der Waals surface area contributed by atoms with Gasteiger partial charge in [0.15, 0.2) is 0 Å². The van der Waals surface area contributed by atoms with Gasteiger partial charge in [0.2, 0.25) is 0 Å². The molecule has 1 N–H and O–H groups in total. The summed E-state index contributed by atoms with van der Waals surface area (Å²) in [6.45, 7) is 0. The molecule has 0 radical (unpaired) electrons. The number of hydroxylamine groups is 1. The number of anilines is 1. The van der Waals surface area contributed by atoms with Gasteiger partial charge in [0.05, 0.1) is 11.9 Å². The van der Waals surface area contributed by atoms with E-state index in [1.54, 1.807) is 12.3 Å². The molecular weight excluding hydrogens is 176 g/mol. The summed E-state index contributed by atoms with van der Waals surface area (Å²) >= 11 is 1.41. The van der Waals surface area contributed by atoms with Crippen molar-refractivity contribution in [1.82, 2.24) is 4.98 Å². The van der Waals surface area contributed by atoms with Crippen molar-refractivity contribution in [2.75, 3.05) is 10.8 Å². The van der Waals surface area contributed by atoms with Gasteiger partial charge in [-0.05, 0) is 6.07 Å². The summed E-state index contributed by atoms with van der Waals surface area (Å²) in [5.41, 5.74) is 0.471. The van der Waals surface area contributed by atoms with Crippen LogP contribution in [-0.2, 0) is 4.79 Å². The standard InChI is InChI=1S/C7H6N2O2S/c10-7-4-12-6-1-2-8-3-5(6)9(7)11/h1-3,11H,4H2. The third kappa shape index (κ3) is 1.07. The first-order valence-electron chi connectivity index (χ1n) is 3.37. The molecule has 0 aliphatic carbocycles. The zero-order chi connectivity index (χ0) is 8.55. The lowest BCUT2D eigenvalue weighted by molar-refractivity contribution is -0.121. The second-order valence-corrected chi connectivity index (χ2v) is 3.35. The number of rotatable bonds is 0. The fourth-order valence-electron chi connectivity index (χ4n) is 0.989. The summed E-state index contributed by atoms with van der Waals surface area (Å²) in [7, 11) is 0. The van der Waals surface area contributed by atoms with Crippen LogP contribution in [0.3, 0.4) is 0 Å². The quantitative estimate of drug-likeness (QED) is 0.606. The molecule has 1 aliphatic heterocycles. The molecule has 62 valence electrons. The lowest BCUT2D eigenvalue weighted by Gasteiger charge is -2.21. The molecule has 1 aromatic heterocycles. The van der Waals surface area contributed by atoms with E-state index >= 15 is 0 Å². The Morgan fingerprint density at radius 3 is 3.33 bits per heavy atom. The fraction of sp³-hybridized carbons (Fsp3) is 0.143. The lowest BCUT2D eigenvalue weighted by atomic mass is 10.4. The Morgan fingerprint density at radius 2 is 2.50 bits per heavy atom. The van der Waals surface area contributed by atoms with Crippen LogP contribution in [0.5, 0.6) is 0 Å². The molecule has 2 heterocycles. The van der Waals surface area contributed by atoms with Crippen LogP contribution < -0.4 is 5.06 Å². The molecular formula is C7H6N2O2S. The molecule has 0 saturated heterocycles. The molecule has 1 aromatic rings. The molecule has 0 atom stereocenters. The van der Waals surface area contributed by atoms with Gasteiger partial charge in [-0.15, -0.1) is 11.8 Å². The van der Waals surface area contributed by atoms with E-state index < -0.39 is 0 Å². The van der Waals surface area contributed by atoms with Crippen LogP contribution in [0.4, 0.5) is 5.69 Å². The molecule has 0 aromatic carbocycles. The molecule has 1 aliphatic rings. The third-order valence-corrected chi connectivity index (χ3v) is 2.62. The molecule has 2 rings (SSSR count). The first-order valence-corrected chi connectivity index (χ1v) is 4.36. The molecule has 0 saturated carbocycles. The first kappa shape index (κ1) is 7.57. The van der Waals surface area contributed by atoms with Gasteiger partial charge in [0, 0.05) is 11.1 Å². The highest BCUT2D eigenvalue weighted by Gasteiger charge is 2.22. The van der Waals surface area contributed by atoms with Gasteiger partial charge < -0.3 is 0 Å². The van der Waals surface area contributed by atoms with Crippen molar-refractivity contribution < 1.29 is 10.0 Å². The number of thioether (sulfide) groups is 1. The van der Waals surface area contributed by atoms with Gasteiger partial charge in [-0.3, -0.25) is 15.0 Å². The topological polar surface area (TPSA) is 53.4 Å². The Kier molecular flexibility index (Phi) is 1.74. The van der Waals surface area contributed by atoms with E-state index in [0.717, 1.165) is 4.90 Å². The Labute approximate surface area is 73.2 Å². The van der Waals surface area contributed by atoms with Gasteiger partial charge in [0.1, 0.15) is 5.69 Å². The highest BCUT2D eigenvalue weighted by Crippen LogP contribution is 2.32. The second kappa shape index (κ2) is 2.76. The maximum atomic E-state index is 11.0. The van der Waals surface area contributed by atoms with Crippen LogP contribution in [-0.4, -0.2) is 21.9 Å². The maximum absolute atomic E-state index is 11.0. The van der Waals surface area contributed by atoms with Crippen molar-refractivity contribution in [3.8, 4) is 0 Å². The monoisotopic (exact) mass is 182 g/mol. The molecule has 1 amide bonds. The minimum atomic E-state index is -0.305. The lowest BCUT2D eigenvalue weighted by Crippen LogP contribution is -2.31. The van der Waals surface area contributed by atoms with E-state index in [4.69, 9.17) is 0 Å². The second-order valence-electron chi connectivity index (χ2n) is 2.34. The SMILES string of the molecule is O=C1CSc2ccncc2N1O. The normalized spacial score (nSPS) is 16.1. The van der Waals surface area contributed by atoms with Crippen LogP contribution in [0.1, 0.15) is 0 Å². The van der Waals surface area contributed by atoms with E-state index in [0.29, 0.717) is 10.8 Å². The molecule has 0 unspecified atom stereocenters. The van der Waals surface area contributed by atoms with Gasteiger partial charge in [-0.25, -0.2) is 0 Å². The first-order chi connectivity index (χ1) is 5.79. The Balaban J connectivity index is 2.48. The molecule has 5 heteroatoms. The number of amides is 1. The summed E-state index contributed by atoms with van der Waals surface area (Å²) in [5, 5.41) is 9.91. The van der Waals surface area contributed by atoms with E-state index in [2.05, 4.69) is 4.98 Å². The van der Waals surface area contributed by atoms with Gasteiger partial charge in [0.25, 0.3) is 5.91 Å². The van der Waals surface area contributed by atoms with E-state index in [1.165, 1.54) is 18.0 Å². The van der Waals surface area contributed by atoms with Gasteiger partial charge >= 0.3 is 0 Å². The maximum Gasteiger partial charge on any atom is 0.261 e. The molecule has 0 bridgehead atoms. The zero-order valence-electron chi connectivity index (χ0n) is 6.10.